The molecule has 1 aliphatic heterocycles. The van der Waals surface area contributed by atoms with E-state index >= 15 is 0 Å². The van der Waals surface area contributed by atoms with Crippen LogP contribution in [-0.4, -0.2) is 22.3 Å². The number of nitrogens with zero attached hydrogens (tertiary/aromatic N) is 2. The molecule has 0 bridgehead atoms. The molecule has 0 aromatic carbocycles. The summed E-state index contributed by atoms with van der Waals surface area (Å²) >= 11 is 9.37. The Hall–Kier alpha value is -2.02. The van der Waals surface area contributed by atoms with Gasteiger partial charge in [-0.3, -0.25) is 4.79 Å². The maximum absolute atomic E-state index is 13.6. The average Bonchev–Trinajstić information content (AvgIpc) is 3.28. The van der Waals surface area contributed by atoms with E-state index in [-0.39, 0.29) is 11.8 Å². The molecule has 0 aliphatic carbocycles. The first-order valence-electron chi connectivity index (χ1n) is 8.36. The Labute approximate surface area is 169 Å². The van der Waals surface area contributed by atoms with Crippen LogP contribution >= 0.6 is 34.3 Å². The number of hydrogen-bond acceptors (Lipinski definition) is 4. The summed E-state index contributed by atoms with van der Waals surface area (Å²) in [6.45, 7) is 6.42. The molecule has 7 heteroatoms. The molecular formula is C20H16ClFN2OS2. The topological polar surface area (TPSA) is 33.2 Å². The van der Waals surface area contributed by atoms with Gasteiger partial charge in [0.05, 0.1) is 10.9 Å². The number of halogens is 2. The van der Waals surface area contributed by atoms with Gasteiger partial charge in [-0.1, -0.05) is 18.2 Å². The van der Waals surface area contributed by atoms with Crippen LogP contribution in [0, 0.1) is 12.9 Å². The Kier molecular flexibility index (Phi) is 4.88. The Morgan fingerprint density at radius 3 is 2.96 bits per heavy atom. The SMILES string of the molecule is C=CC(=O)N1Cc2sc(Cl)cc2[C@@H](c2cscc2-c2cnc(F)c(C)c2)C1. The molecule has 0 unspecified atom stereocenters. The van der Waals surface area contributed by atoms with Crippen LogP contribution in [0.5, 0.6) is 0 Å². The molecule has 0 N–H and O–H groups in total. The van der Waals surface area contributed by atoms with Gasteiger partial charge in [0.2, 0.25) is 11.9 Å². The number of carbonyl (C=O) groups is 1. The van der Waals surface area contributed by atoms with Crippen LogP contribution in [0.4, 0.5) is 4.39 Å². The molecule has 1 amide bonds. The molecule has 0 fully saturated rings. The maximum atomic E-state index is 13.6. The molecule has 27 heavy (non-hydrogen) atoms. The molecule has 1 aliphatic rings. The van der Waals surface area contributed by atoms with E-state index in [0.29, 0.717) is 23.0 Å². The van der Waals surface area contributed by atoms with E-state index in [9.17, 15) is 9.18 Å². The highest BCUT2D eigenvalue weighted by Gasteiger charge is 2.32. The van der Waals surface area contributed by atoms with E-state index in [1.54, 1.807) is 29.4 Å². The minimum Gasteiger partial charge on any atom is -0.333 e. The minimum atomic E-state index is -0.456. The van der Waals surface area contributed by atoms with E-state index in [0.717, 1.165) is 27.1 Å². The first-order chi connectivity index (χ1) is 13.0. The van der Waals surface area contributed by atoms with E-state index in [2.05, 4.69) is 16.9 Å². The second kappa shape index (κ2) is 7.19. The standard InChI is InChI=1S/C20H16ClFN2OS2/c1-3-19(25)24-7-14(13-5-18(21)27-17(13)8-24)16-10-26-9-15(16)12-4-11(2)20(22)23-6-12/h3-6,9-10,14H,1,7-8H2,2H3/t14-/m0/s1. The fraction of sp³-hybridized carbons (Fsp3) is 0.200. The summed E-state index contributed by atoms with van der Waals surface area (Å²) in [7, 11) is 0. The lowest BCUT2D eigenvalue weighted by molar-refractivity contribution is -0.127. The smallest absolute Gasteiger partial charge is 0.246 e. The predicted octanol–water partition coefficient (Wildman–Crippen LogP) is 5.63. The van der Waals surface area contributed by atoms with Gasteiger partial charge >= 0.3 is 0 Å². The Morgan fingerprint density at radius 1 is 1.41 bits per heavy atom. The number of fused-ring (bicyclic) bond motifs is 1. The number of carbonyl (C=O) groups excluding carboxylic acids is 1. The molecule has 3 nitrogen and oxygen atoms in total. The predicted molar refractivity (Wildman–Crippen MR) is 109 cm³/mol. The van der Waals surface area contributed by atoms with Crippen LogP contribution in [0.25, 0.3) is 11.1 Å². The average molecular weight is 419 g/mol. The van der Waals surface area contributed by atoms with Gasteiger partial charge in [0, 0.05) is 34.7 Å². The highest BCUT2D eigenvalue weighted by molar-refractivity contribution is 7.16. The lowest BCUT2D eigenvalue weighted by Crippen LogP contribution is -2.36. The lowest BCUT2D eigenvalue weighted by Gasteiger charge is -2.32. The van der Waals surface area contributed by atoms with Gasteiger partial charge in [-0.25, -0.2) is 4.98 Å². The van der Waals surface area contributed by atoms with Gasteiger partial charge in [-0.2, -0.15) is 15.7 Å². The number of aromatic nitrogens is 1. The summed E-state index contributed by atoms with van der Waals surface area (Å²) < 4.78 is 14.3. The Balaban J connectivity index is 1.81. The highest BCUT2D eigenvalue weighted by Crippen LogP contribution is 2.44. The molecule has 0 spiro atoms. The number of hydrogen-bond donors (Lipinski definition) is 0. The summed E-state index contributed by atoms with van der Waals surface area (Å²) in [4.78, 5) is 19.0. The van der Waals surface area contributed by atoms with Crippen molar-refractivity contribution in [2.75, 3.05) is 6.54 Å². The summed E-state index contributed by atoms with van der Waals surface area (Å²) in [5.74, 6) is -0.540. The van der Waals surface area contributed by atoms with Crippen LogP contribution in [0.15, 0.2) is 41.7 Å². The molecule has 0 radical (unpaired) electrons. The first kappa shape index (κ1) is 18.3. The second-order valence-corrected chi connectivity index (χ2v) is 8.99. The molecule has 1 atom stereocenters. The summed E-state index contributed by atoms with van der Waals surface area (Å²) in [5, 5.41) is 4.14. The first-order valence-corrected chi connectivity index (χ1v) is 10.5. The molecule has 0 saturated carbocycles. The highest BCUT2D eigenvalue weighted by atomic mass is 35.5. The third kappa shape index (κ3) is 3.33. The van der Waals surface area contributed by atoms with Crippen molar-refractivity contribution < 1.29 is 9.18 Å². The van der Waals surface area contributed by atoms with Crippen molar-refractivity contribution >= 4 is 40.2 Å². The Bertz CT molecular complexity index is 1040. The van der Waals surface area contributed by atoms with Crippen molar-refractivity contribution in [1.82, 2.24) is 9.88 Å². The van der Waals surface area contributed by atoms with E-state index in [1.165, 1.54) is 17.4 Å². The van der Waals surface area contributed by atoms with E-state index in [4.69, 9.17) is 11.6 Å². The van der Waals surface area contributed by atoms with Crippen LogP contribution in [0.2, 0.25) is 4.34 Å². The van der Waals surface area contributed by atoms with E-state index < -0.39 is 5.95 Å². The lowest BCUT2D eigenvalue weighted by atomic mass is 9.86. The third-order valence-corrected chi connectivity index (χ3v) is 6.83. The molecule has 0 saturated heterocycles. The summed E-state index contributed by atoms with van der Waals surface area (Å²) in [5.41, 5.74) is 4.66. The van der Waals surface area contributed by atoms with Gasteiger partial charge in [0.1, 0.15) is 0 Å². The fourth-order valence-electron chi connectivity index (χ4n) is 3.46. The summed E-state index contributed by atoms with van der Waals surface area (Å²) in [6.07, 6.45) is 2.91. The molecular weight excluding hydrogens is 403 g/mol. The quantitative estimate of drug-likeness (QED) is 0.407. The molecule has 4 heterocycles. The maximum Gasteiger partial charge on any atom is 0.246 e. The normalized spacial score (nSPS) is 16.3. The molecule has 3 aromatic rings. The van der Waals surface area contributed by atoms with Gasteiger partial charge in [0.15, 0.2) is 0 Å². The number of pyridine rings is 1. The second-order valence-electron chi connectivity index (χ2n) is 6.48. The van der Waals surface area contributed by atoms with Crippen molar-refractivity contribution in [3.63, 3.8) is 0 Å². The number of rotatable bonds is 3. The number of amides is 1. The monoisotopic (exact) mass is 418 g/mol. The van der Waals surface area contributed by atoms with Crippen LogP contribution in [-0.2, 0) is 11.3 Å². The van der Waals surface area contributed by atoms with Crippen molar-refractivity contribution in [2.24, 2.45) is 0 Å². The van der Waals surface area contributed by atoms with Crippen molar-refractivity contribution in [1.29, 1.82) is 0 Å². The minimum absolute atomic E-state index is 0.00742. The van der Waals surface area contributed by atoms with Crippen LogP contribution in [0.1, 0.15) is 27.5 Å². The van der Waals surface area contributed by atoms with Gasteiger partial charge < -0.3 is 4.90 Å². The zero-order valence-electron chi connectivity index (χ0n) is 14.5. The number of thiophene rings is 2. The Morgan fingerprint density at radius 2 is 2.22 bits per heavy atom. The van der Waals surface area contributed by atoms with Crippen molar-refractivity contribution in [2.45, 2.75) is 19.4 Å². The summed E-state index contributed by atoms with van der Waals surface area (Å²) in [6, 6.07) is 3.81. The largest absolute Gasteiger partial charge is 0.333 e. The van der Waals surface area contributed by atoms with Gasteiger partial charge in [-0.05, 0) is 52.6 Å². The molecule has 138 valence electrons. The van der Waals surface area contributed by atoms with Gasteiger partial charge in [0.25, 0.3) is 0 Å². The van der Waals surface area contributed by atoms with Crippen molar-refractivity contribution in [3.8, 4) is 11.1 Å². The van der Waals surface area contributed by atoms with Crippen molar-refractivity contribution in [3.05, 3.63) is 73.6 Å². The van der Waals surface area contributed by atoms with Crippen LogP contribution < -0.4 is 0 Å². The zero-order valence-corrected chi connectivity index (χ0v) is 16.9. The zero-order chi connectivity index (χ0) is 19.1. The van der Waals surface area contributed by atoms with E-state index in [1.807, 2.05) is 17.5 Å². The number of aryl methyl sites for hydroxylation is 1. The third-order valence-electron chi connectivity index (χ3n) is 4.80. The fourth-order valence-corrected chi connectivity index (χ4v) is 5.74. The van der Waals surface area contributed by atoms with Crippen LogP contribution in [0.3, 0.4) is 0 Å². The molecule has 3 aromatic heterocycles. The van der Waals surface area contributed by atoms with Gasteiger partial charge in [-0.15, -0.1) is 11.3 Å². The molecule has 4 rings (SSSR count).